The Kier molecular flexibility index (Phi) is 7.36. The second-order valence-corrected chi connectivity index (χ2v) is 9.46. The number of anilines is 1. The van der Waals surface area contributed by atoms with Crippen molar-refractivity contribution in [1.82, 2.24) is 15.6 Å². The summed E-state index contributed by atoms with van der Waals surface area (Å²) in [5.74, 6) is -1.54. The van der Waals surface area contributed by atoms with Crippen LogP contribution < -0.4 is 10.7 Å². The van der Waals surface area contributed by atoms with Crippen LogP contribution in [0, 0.1) is 0 Å². The van der Waals surface area contributed by atoms with Crippen molar-refractivity contribution >= 4 is 52.3 Å². The predicted octanol–water partition coefficient (Wildman–Crippen LogP) is 6.28. The monoisotopic (exact) mass is 583 g/mol. The van der Waals surface area contributed by atoms with E-state index >= 15 is 0 Å². The highest BCUT2D eigenvalue weighted by atomic mass is 35.5. The van der Waals surface area contributed by atoms with Gasteiger partial charge in [-0.25, -0.2) is 0 Å². The quantitative estimate of drug-likeness (QED) is 0.262. The van der Waals surface area contributed by atoms with Crippen LogP contribution in [0.2, 0.25) is 10.0 Å². The maximum absolute atomic E-state index is 14.1. The van der Waals surface area contributed by atoms with Gasteiger partial charge >= 0.3 is 12.4 Å². The highest BCUT2D eigenvalue weighted by molar-refractivity contribution is 7.99. The van der Waals surface area contributed by atoms with Crippen LogP contribution >= 0.6 is 35.0 Å². The molecule has 1 unspecified atom stereocenters. The average molecular weight is 584 g/mol. The maximum atomic E-state index is 14.1. The van der Waals surface area contributed by atoms with Gasteiger partial charge in [0.2, 0.25) is 5.91 Å². The molecule has 2 aromatic carbocycles. The highest BCUT2D eigenvalue weighted by Gasteiger charge is 2.60. The minimum atomic E-state index is -4.82. The molecule has 37 heavy (non-hydrogen) atoms. The van der Waals surface area contributed by atoms with E-state index in [2.05, 4.69) is 26.0 Å². The fraction of sp³-hybridized carbons (Fsp3) is 0.238. The lowest BCUT2D eigenvalue weighted by atomic mass is 9.85. The van der Waals surface area contributed by atoms with E-state index in [-0.39, 0.29) is 32.4 Å². The Morgan fingerprint density at radius 1 is 1.08 bits per heavy atom. The Hall–Kier alpha value is -2.97. The van der Waals surface area contributed by atoms with Gasteiger partial charge in [-0.1, -0.05) is 47.1 Å². The van der Waals surface area contributed by atoms with Crippen molar-refractivity contribution in [3.8, 4) is 0 Å². The van der Waals surface area contributed by atoms with E-state index in [1.807, 2.05) is 0 Å². The van der Waals surface area contributed by atoms with Crippen LogP contribution in [-0.2, 0) is 16.5 Å². The number of rotatable bonds is 6. The van der Waals surface area contributed by atoms with E-state index in [9.17, 15) is 31.1 Å². The van der Waals surface area contributed by atoms with Gasteiger partial charge in [0.25, 0.3) is 11.1 Å². The van der Waals surface area contributed by atoms with Crippen LogP contribution in [0.3, 0.4) is 0 Å². The van der Waals surface area contributed by atoms with Gasteiger partial charge < -0.3 is 9.73 Å². The van der Waals surface area contributed by atoms with Gasteiger partial charge in [-0.3, -0.25) is 10.2 Å². The van der Waals surface area contributed by atoms with Crippen molar-refractivity contribution in [3.05, 3.63) is 69.5 Å². The molecule has 0 fully saturated rings. The van der Waals surface area contributed by atoms with Crippen LogP contribution in [-0.4, -0.2) is 33.7 Å². The molecule has 1 aliphatic heterocycles. The van der Waals surface area contributed by atoms with Gasteiger partial charge in [-0.15, -0.1) is 10.2 Å². The Morgan fingerprint density at radius 2 is 1.76 bits per heavy atom. The lowest BCUT2D eigenvalue weighted by molar-refractivity contribution is -0.196. The van der Waals surface area contributed by atoms with Crippen molar-refractivity contribution < 1.29 is 35.6 Å². The van der Waals surface area contributed by atoms with E-state index in [0.717, 1.165) is 24.3 Å². The lowest BCUT2D eigenvalue weighted by Crippen LogP contribution is -2.49. The number of benzene rings is 2. The number of alkyl halides is 6. The molecule has 0 spiro atoms. The molecule has 16 heteroatoms. The Morgan fingerprint density at radius 3 is 2.41 bits per heavy atom. The number of nitrogens with one attached hydrogen (secondary N) is 2. The summed E-state index contributed by atoms with van der Waals surface area (Å²) in [6.07, 6.45) is -10.2. The molecule has 0 bridgehead atoms. The van der Waals surface area contributed by atoms with Crippen LogP contribution in [0.4, 0.5) is 32.0 Å². The number of hydrogen-bond donors (Lipinski definition) is 2. The fourth-order valence-electron chi connectivity index (χ4n) is 3.45. The first-order valence-corrected chi connectivity index (χ1v) is 11.8. The fourth-order valence-corrected chi connectivity index (χ4v) is 4.54. The molecule has 0 aliphatic carbocycles. The third-order valence-corrected chi connectivity index (χ3v) is 6.40. The van der Waals surface area contributed by atoms with Gasteiger partial charge in [0, 0.05) is 16.5 Å². The zero-order chi connectivity index (χ0) is 27.0. The van der Waals surface area contributed by atoms with E-state index in [1.165, 1.54) is 18.2 Å². The van der Waals surface area contributed by atoms with Crippen molar-refractivity contribution in [2.75, 3.05) is 11.1 Å². The second-order valence-electron chi connectivity index (χ2n) is 7.66. The minimum Gasteiger partial charge on any atom is -0.410 e. The number of carbonyl (C=O) groups is 1. The molecule has 1 aliphatic rings. The van der Waals surface area contributed by atoms with Crippen LogP contribution in [0.5, 0.6) is 0 Å². The number of aromatic nitrogens is 2. The standard InChI is InChI=1S/C21H13Cl2F6N5O2S/c22-11-5-10(6-12(23)7-11)19(21(27,28)29)8-15(31-34-19)17-32-33-18(36-17)37-9-16(35)30-14-4-2-1-3-13(14)20(24,25)26/h1-7,34H,8-9H2,(H,30,35). The summed E-state index contributed by atoms with van der Waals surface area (Å²) in [5, 5.41) is 13.0. The topological polar surface area (TPSA) is 92.4 Å². The Bertz CT molecular complexity index is 1340. The molecule has 196 valence electrons. The summed E-state index contributed by atoms with van der Waals surface area (Å²) in [6.45, 7) is 0. The average Bonchev–Trinajstić information content (AvgIpc) is 3.44. The summed E-state index contributed by atoms with van der Waals surface area (Å²) in [6, 6.07) is 7.93. The molecular weight excluding hydrogens is 571 g/mol. The number of amides is 1. The summed E-state index contributed by atoms with van der Waals surface area (Å²) >= 11 is 12.5. The molecule has 1 aromatic heterocycles. The van der Waals surface area contributed by atoms with Crippen LogP contribution in [0.25, 0.3) is 0 Å². The number of halogens is 8. The molecule has 0 saturated heterocycles. The van der Waals surface area contributed by atoms with Gasteiger partial charge in [0.05, 0.1) is 17.0 Å². The third-order valence-electron chi connectivity index (χ3n) is 5.14. The number of para-hydroxylation sites is 1. The molecule has 1 amide bonds. The molecule has 1 atom stereocenters. The molecule has 7 nitrogen and oxygen atoms in total. The number of carbonyl (C=O) groups excluding carboxylic acids is 1. The number of hydrazone groups is 1. The van der Waals surface area contributed by atoms with Gasteiger partial charge in [0.1, 0.15) is 5.71 Å². The van der Waals surface area contributed by atoms with E-state index in [0.29, 0.717) is 11.8 Å². The first-order chi connectivity index (χ1) is 17.3. The predicted molar refractivity (Wildman–Crippen MR) is 124 cm³/mol. The van der Waals surface area contributed by atoms with E-state index in [1.54, 1.807) is 0 Å². The molecule has 0 radical (unpaired) electrons. The minimum absolute atomic E-state index is 0.00557. The SMILES string of the molecule is O=C(CSc1nnc(C2=NNC(c3cc(Cl)cc(Cl)c3)(C(F)(F)F)C2)o1)Nc1ccccc1C(F)(F)F. The molecular formula is C21H13Cl2F6N5O2S. The molecule has 2 N–H and O–H groups in total. The number of thioether (sulfide) groups is 1. The smallest absolute Gasteiger partial charge is 0.410 e. The second kappa shape index (κ2) is 10.1. The summed E-state index contributed by atoms with van der Waals surface area (Å²) in [5.41, 5.74) is -2.51. The van der Waals surface area contributed by atoms with Crippen LogP contribution in [0.15, 0.2) is 57.2 Å². The van der Waals surface area contributed by atoms with E-state index in [4.69, 9.17) is 27.6 Å². The number of hydrogen-bond acceptors (Lipinski definition) is 7. The van der Waals surface area contributed by atoms with Gasteiger partial charge in [0.15, 0.2) is 5.54 Å². The Balaban J connectivity index is 1.44. The third kappa shape index (κ3) is 5.80. The summed E-state index contributed by atoms with van der Waals surface area (Å²) in [7, 11) is 0. The van der Waals surface area contributed by atoms with E-state index < -0.39 is 47.2 Å². The summed E-state index contributed by atoms with van der Waals surface area (Å²) < 4.78 is 87.0. The largest absolute Gasteiger partial charge is 0.418 e. The van der Waals surface area contributed by atoms with Crippen molar-refractivity contribution in [2.24, 2.45) is 5.10 Å². The van der Waals surface area contributed by atoms with Gasteiger partial charge in [-0.05, 0) is 35.9 Å². The van der Waals surface area contributed by atoms with Gasteiger partial charge in [-0.2, -0.15) is 31.4 Å². The number of nitrogens with zero attached hydrogens (tertiary/aromatic N) is 3. The van der Waals surface area contributed by atoms with Crippen LogP contribution in [0.1, 0.15) is 23.4 Å². The zero-order valence-electron chi connectivity index (χ0n) is 18.0. The zero-order valence-corrected chi connectivity index (χ0v) is 20.4. The maximum Gasteiger partial charge on any atom is 0.418 e. The normalized spacial score (nSPS) is 17.9. The van der Waals surface area contributed by atoms with Crippen molar-refractivity contribution in [2.45, 2.75) is 29.5 Å². The first kappa shape index (κ1) is 27.1. The van der Waals surface area contributed by atoms with Crippen molar-refractivity contribution in [1.29, 1.82) is 0 Å². The lowest BCUT2D eigenvalue weighted by Gasteiger charge is -2.31. The molecule has 0 saturated carbocycles. The summed E-state index contributed by atoms with van der Waals surface area (Å²) in [4.78, 5) is 12.2. The Labute approximate surface area is 218 Å². The highest BCUT2D eigenvalue weighted by Crippen LogP contribution is 2.46. The molecule has 4 rings (SSSR count). The molecule has 2 heterocycles. The van der Waals surface area contributed by atoms with Crippen molar-refractivity contribution in [3.63, 3.8) is 0 Å². The molecule has 3 aromatic rings. The first-order valence-electron chi connectivity index (χ1n) is 10.1.